The van der Waals surface area contributed by atoms with E-state index in [1.807, 2.05) is 0 Å². The van der Waals surface area contributed by atoms with Crippen LogP contribution in [0.4, 0.5) is 5.69 Å². The third-order valence-electron chi connectivity index (χ3n) is 4.25. The second-order valence-electron chi connectivity index (χ2n) is 5.97. The molecule has 0 saturated heterocycles. The highest BCUT2D eigenvalue weighted by Crippen LogP contribution is 2.32. The summed E-state index contributed by atoms with van der Waals surface area (Å²) in [5.74, 6) is -3.44. The van der Waals surface area contributed by atoms with Crippen LogP contribution in [0, 0.1) is 16.0 Å². The van der Waals surface area contributed by atoms with Gasteiger partial charge in [-0.05, 0) is 24.6 Å². The van der Waals surface area contributed by atoms with Crippen LogP contribution in [0.2, 0.25) is 0 Å². The maximum Gasteiger partial charge on any atom is 0.337 e. The lowest BCUT2D eigenvalue weighted by Crippen LogP contribution is -2.30. The molecule has 1 N–H and O–H groups in total. The summed E-state index contributed by atoms with van der Waals surface area (Å²) in [5.41, 5.74) is 0.629. The summed E-state index contributed by atoms with van der Waals surface area (Å²) in [6, 6.07) is 13.5. The SMILES string of the molecule is CCOC(=O)C1=C(c2ccccc2)NC(=O)C1C(=O)c1ccc([N+](=O)[O-])cc1. The number of rotatable bonds is 6. The number of amides is 1. The van der Waals surface area contributed by atoms with E-state index in [1.54, 1.807) is 37.3 Å². The van der Waals surface area contributed by atoms with Crippen LogP contribution in [0.1, 0.15) is 22.8 Å². The second-order valence-corrected chi connectivity index (χ2v) is 5.97. The number of nitrogens with one attached hydrogen (secondary N) is 1. The maximum absolute atomic E-state index is 13.0. The predicted octanol–water partition coefficient (Wildman–Crippen LogP) is 2.50. The first-order chi connectivity index (χ1) is 13.4. The number of carbonyl (C=O) groups is 3. The van der Waals surface area contributed by atoms with Gasteiger partial charge in [-0.2, -0.15) is 0 Å². The zero-order chi connectivity index (χ0) is 20.3. The van der Waals surface area contributed by atoms with Crippen LogP contribution < -0.4 is 5.32 Å². The standard InChI is InChI=1S/C20H16N2O6/c1-2-28-20(25)15-16(18(23)13-8-10-14(11-9-13)22(26)27)19(24)21-17(15)12-6-4-3-5-7-12/h3-11,16H,2H2,1H3,(H,21,24). The van der Waals surface area contributed by atoms with Crippen LogP contribution in [0.5, 0.6) is 0 Å². The Morgan fingerprint density at radius 2 is 1.75 bits per heavy atom. The Morgan fingerprint density at radius 3 is 2.32 bits per heavy atom. The summed E-state index contributed by atoms with van der Waals surface area (Å²) in [7, 11) is 0. The molecule has 28 heavy (non-hydrogen) atoms. The molecule has 0 radical (unpaired) electrons. The highest BCUT2D eigenvalue weighted by molar-refractivity contribution is 6.23. The van der Waals surface area contributed by atoms with Crippen LogP contribution >= 0.6 is 0 Å². The summed E-state index contributed by atoms with van der Waals surface area (Å²) in [6.45, 7) is 1.70. The molecule has 8 nitrogen and oxygen atoms in total. The minimum absolute atomic E-state index is 0.0681. The molecule has 1 heterocycles. The molecule has 0 bridgehead atoms. The van der Waals surface area contributed by atoms with Gasteiger partial charge in [0.15, 0.2) is 5.78 Å². The van der Waals surface area contributed by atoms with E-state index in [0.29, 0.717) is 5.56 Å². The summed E-state index contributed by atoms with van der Waals surface area (Å²) >= 11 is 0. The highest BCUT2D eigenvalue weighted by atomic mass is 16.6. The average Bonchev–Trinajstić information content (AvgIpc) is 3.05. The van der Waals surface area contributed by atoms with Crippen molar-refractivity contribution >= 4 is 29.0 Å². The summed E-state index contributed by atoms with van der Waals surface area (Å²) in [5, 5.41) is 13.4. The first kappa shape index (κ1) is 19.0. The molecule has 1 atom stereocenters. The summed E-state index contributed by atoms with van der Waals surface area (Å²) in [6.07, 6.45) is 0. The zero-order valence-electron chi connectivity index (χ0n) is 14.9. The number of Topliss-reactive ketones (excluding diaryl/α,β-unsaturated/α-hetero) is 1. The Hall–Kier alpha value is -3.81. The summed E-state index contributed by atoms with van der Waals surface area (Å²) < 4.78 is 5.06. The van der Waals surface area contributed by atoms with Gasteiger partial charge in [-0.15, -0.1) is 0 Å². The minimum atomic E-state index is -1.39. The highest BCUT2D eigenvalue weighted by Gasteiger charge is 2.43. The number of ether oxygens (including phenoxy) is 1. The predicted molar refractivity (Wildman–Crippen MR) is 99.1 cm³/mol. The number of nitro benzene ring substituents is 1. The van der Waals surface area contributed by atoms with Gasteiger partial charge in [-0.25, -0.2) is 4.79 Å². The molecule has 0 saturated carbocycles. The van der Waals surface area contributed by atoms with Gasteiger partial charge in [0.05, 0.1) is 22.8 Å². The van der Waals surface area contributed by atoms with Crippen LogP contribution in [0.25, 0.3) is 5.70 Å². The molecule has 0 aliphatic carbocycles. The van der Waals surface area contributed by atoms with Gasteiger partial charge in [0, 0.05) is 17.7 Å². The van der Waals surface area contributed by atoms with E-state index in [2.05, 4.69) is 5.32 Å². The van der Waals surface area contributed by atoms with Crippen molar-refractivity contribution in [1.29, 1.82) is 0 Å². The van der Waals surface area contributed by atoms with Crippen LogP contribution in [0.3, 0.4) is 0 Å². The van der Waals surface area contributed by atoms with Crippen molar-refractivity contribution in [1.82, 2.24) is 5.32 Å². The quantitative estimate of drug-likeness (QED) is 0.271. The van der Waals surface area contributed by atoms with Gasteiger partial charge >= 0.3 is 5.97 Å². The van der Waals surface area contributed by atoms with E-state index >= 15 is 0 Å². The van der Waals surface area contributed by atoms with Gasteiger partial charge < -0.3 is 10.1 Å². The van der Waals surface area contributed by atoms with Gasteiger partial charge in [0.1, 0.15) is 5.92 Å². The van der Waals surface area contributed by atoms with Gasteiger partial charge in [-0.3, -0.25) is 19.7 Å². The number of nitro groups is 1. The van der Waals surface area contributed by atoms with Gasteiger partial charge in [-0.1, -0.05) is 30.3 Å². The van der Waals surface area contributed by atoms with E-state index in [4.69, 9.17) is 4.74 Å². The normalized spacial score (nSPS) is 15.9. The van der Waals surface area contributed by atoms with Crippen LogP contribution in [0.15, 0.2) is 60.2 Å². The molecule has 2 aromatic carbocycles. The smallest absolute Gasteiger partial charge is 0.337 e. The van der Waals surface area contributed by atoms with E-state index in [1.165, 1.54) is 24.3 Å². The van der Waals surface area contributed by atoms with E-state index < -0.39 is 28.5 Å². The van der Waals surface area contributed by atoms with Gasteiger partial charge in [0.2, 0.25) is 5.91 Å². The number of nitrogens with zero attached hydrogens (tertiary/aromatic N) is 1. The molecule has 3 rings (SSSR count). The Kier molecular flexibility index (Phi) is 5.30. The number of carbonyl (C=O) groups excluding carboxylic acids is 3. The van der Waals surface area contributed by atoms with Crippen molar-refractivity contribution in [2.75, 3.05) is 6.61 Å². The van der Waals surface area contributed by atoms with Crippen molar-refractivity contribution in [3.8, 4) is 0 Å². The lowest BCUT2D eigenvalue weighted by Gasteiger charge is -2.11. The Morgan fingerprint density at radius 1 is 1.11 bits per heavy atom. The molecule has 0 aromatic heterocycles. The fourth-order valence-electron chi connectivity index (χ4n) is 2.96. The minimum Gasteiger partial charge on any atom is -0.463 e. The topological polar surface area (TPSA) is 116 Å². The summed E-state index contributed by atoms with van der Waals surface area (Å²) in [4.78, 5) is 48.3. The Balaban J connectivity index is 2.05. The monoisotopic (exact) mass is 380 g/mol. The van der Waals surface area contributed by atoms with Crippen LogP contribution in [-0.2, 0) is 14.3 Å². The van der Waals surface area contributed by atoms with E-state index in [9.17, 15) is 24.5 Å². The molecule has 1 unspecified atom stereocenters. The molecular formula is C20H16N2O6. The molecule has 1 aliphatic heterocycles. The zero-order valence-corrected chi connectivity index (χ0v) is 14.9. The van der Waals surface area contributed by atoms with Crippen molar-refractivity contribution in [2.24, 2.45) is 5.92 Å². The first-order valence-corrected chi connectivity index (χ1v) is 8.50. The van der Waals surface area contributed by atoms with Crippen molar-refractivity contribution in [2.45, 2.75) is 6.92 Å². The largest absolute Gasteiger partial charge is 0.463 e. The molecule has 8 heteroatoms. The van der Waals surface area contributed by atoms with E-state index in [-0.39, 0.29) is 29.1 Å². The number of hydrogen-bond acceptors (Lipinski definition) is 6. The van der Waals surface area contributed by atoms with Gasteiger partial charge in [0.25, 0.3) is 5.69 Å². The first-order valence-electron chi connectivity index (χ1n) is 8.50. The third kappa shape index (κ3) is 3.52. The maximum atomic E-state index is 13.0. The lowest BCUT2D eigenvalue weighted by molar-refractivity contribution is -0.384. The molecule has 1 aliphatic rings. The fourth-order valence-corrected chi connectivity index (χ4v) is 2.96. The number of hydrogen-bond donors (Lipinski definition) is 1. The lowest BCUT2D eigenvalue weighted by atomic mass is 9.90. The van der Waals surface area contributed by atoms with Crippen molar-refractivity contribution < 1.29 is 24.0 Å². The number of esters is 1. The van der Waals surface area contributed by atoms with E-state index in [0.717, 1.165) is 0 Å². The van der Waals surface area contributed by atoms with Crippen molar-refractivity contribution in [3.63, 3.8) is 0 Å². The Bertz CT molecular complexity index is 980. The average molecular weight is 380 g/mol. The number of ketones is 1. The second kappa shape index (κ2) is 7.83. The fraction of sp³-hybridized carbons (Fsp3) is 0.150. The number of benzene rings is 2. The van der Waals surface area contributed by atoms with Crippen molar-refractivity contribution in [3.05, 3.63) is 81.4 Å². The molecular weight excluding hydrogens is 364 g/mol. The number of non-ortho nitro benzene ring substituents is 1. The third-order valence-corrected chi connectivity index (χ3v) is 4.25. The Labute approximate surface area is 160 Å². The molecule has 142 valence electrons. The molecule has 1 amide bonds. The molecule has 0 fully saturated rings. The van der Waals surface area contributed by atoms with Crippen LogP contribution in [-0.4, -0.2) is 29.2 Å². The molecule has 0 spiro atoms. The molecule has 2 aromatic rings.